The second-order valence-electron chi connectivity index (χ2n) is 5.49. The van der Waals surface area contributed by atoms with Crippen LogP contribution >= 0.6 is 0 Å². The molecule has 0 spiro atoms. The molecule has 0 saturated carbocycles. The maximum atomic E-state index is 12.2. The summed E-state index contributed by atoms with van der Waals surface area (Å²) in [5, 5.41) is 5.53. The summed E-state index contributed by atoms with van der Waals surface area (Å²) in [7, 11) is 0. The highest BCUT2D eigenvalue weighted by Gasteiger charge is 2.07. The SMILES string of the molecule is CC(=O)Nc1ccc(C(=O)Nc2ccc(C(C)C)cc2)cc1. The summed E-state index contributed by atoms with van der Waals surface area (Å²) in [6.07, 6.45) is 0. The Morgan fingerprint density at radius 3 is 1.82 bits per heavy atom. The van der Waals surface area contributed by atoms with Crippen LogP contribution in [0.25, 0.3) is 0 Å². The number of rotatable bonds is 4. The van der Waals surface area contributed by atoms with Gasteiger partial charge in [0.25, 0.3) is 5.91 Å². The number of amides is 2. The van der Waals surface area contributed by atoms with Gasteiger partial charge in [-0.05, 0) is 47.9 Å². The van der Waals surface area contributed by atoms with Gasteiger partial charge in [-0.3, -0.25) is 9.59 Å². The largest absolute Gasteiger partial charge is 0.326 e. The van der Waals surface area contributed by atoms with E-state index in [0.717, 1.165) is 5.69 Å². The van der Waals surface area contributed by atoms with Crippen molar-refractivity contribution in [3.63, 3.8) is 0 Å². The zero-order valence-corrected chi connectivity index (χ0v) is 13.0. The molecule has 2 N–H and O–H groups in total. The molecule has 4 nitrogen and oxygen atoms in total. The van der Waals surface area contributed by atoms with Crippen LogP contribution in [0.2, 0.25) is 0 Å². The molecule has 0 saturated heterocycles. The Hall–Kier alpha value is -2.62. The Balaban J connectivity index is 2.03. The minimum atomic E-state index is -0.174. The van der Waals surface area contributed by atoms with Crippen LogP contribution in [0.4, 0.5) is 11.4 Å². The first kappa shape index (κ1) is 15.8. The van der Waals surface area contributed by atoms with Gasteiger partial charge in [-0.2, -0.15) is 0 Å². The maximum Gasteiger partial charge on any atom is 0.255 e. The van der Waals surface area contributed by atoms with Gasteiger partial charge < -0.3 is 10.6 Å². The number of hydrogen-bond donors (Lipinski definition) is 2. The lowest BCUT2D eigenvalue weighted by molar-refractivity contribution is -0.114. The Morgan fingerprint density at radius 2 is 1.32 bits per heavy atom. The Labute approximate surface area is 130 Å². The van der Waals surface area contributed by atoms with Gasteiger partial charge in [0.2, 0.25) is 5.91 Å². The maximum absolute atomic E-state index is 12.2. The van der Waals surface area contributed by atoms with Crippen molar-refractivity contribution in [1.29, 1.82) is 0 Å². The number of carbonyl (C=O) groups is 2. The summed E-state index contributed by atoms with van der Waals surface area (Å²) < 4.78 is 0. The molecule has 0 atom stereocenters. The predicted octanol–water partition coefficient (Wildman–Crippen LogP) is 4.02. The van der Waals surface area contributed by atoms with Crippen LogP contribution in [0.1, 0.15) is 42.6 Å². The predicted molar refractivity (Wildman–Crippen MR) is 89.2 cm³/mol. The van der Waals surface area contributed by atoms with Crippen LogP contribution in [0.15, 0.2) is 48.5 Å². The number of benzene rings is 2. The van der Waals surface area contributed by atoms with Crippen LogP contribution in [0.5, 0.6) is 0 Å². The summed E-state index contributed by atoms with van der Waals surface area (Å²) in [4.78, 5) is 23.1. The second kappa shape index (κ2) is 6.89. The van der Waals surface area contributed by atoms with E-state index in [4.69, 9.17) is 0 Å². The van der Waals surface area contributed by atoms with Gasteiger partial charge in [0.05, 0.1) is 0 Å². The molecule has 4 heteroatoms. The van der Waals surface area contributed by atoms with Crippen molar-refractivity contribution >= 4 is 23.2 Å². The highest BCUT2D eigenvalue weighted by Crippen LogP contribution is 2.18. The van der Waals surface area contributed by atoms with E-state index in [1.807, 2.05) is 24.3 Å². The van der Waals surface area contributed by atoms with Crippen molar-refractivity contribution in [1.82, 2.24) is 0 Å². The molecule has 0 radical (unpaired) electrons. The van der Waals surface area contributed by atoms with Crippen molar-refractivity contribution in [2.75, 3.05) is 10.6 Å². The lowest BCUT2D eigenvalue weighted by atomic mass is 10.0. The molecule has 2 rings (SSSR count). The topological polar surface area (TPSA) is 58.2 Å². The fourth-order valence-corrected chi connectivity index (χ4v) is 2.06. The van der Waals surface area contributed by atoms with Crippen LogP contribution in [0, 0.1) is 0 Å². The van der Waals surface area contributed by atoms with Crippen molar-refractivity contribution in [3.8, 4) is 0 Å². The van der Waals surface area contributed by atoms with Gasteiger partial charge in [-0.25, -0.2) is 0 Å². The van der Waals surface area contributed by atoms with Crippen molar-refractivity contribution in [2.45, 2.75) is 26.7 Å². The smallest absolute Gasteiger partial charge is 0.255 e. The first-order chi connectivity index (χ1) is 10.5. The summed E-state index contributed by atoms with van der Waals surface area (Å²) in [5.74, 6) is 0.153. The van der Waals surface area contributed by atoms with E-state index in [0.29, 0.717) is 17.2 Å². The molecule has 2 amide bonds. The number of hydrogen-bond acceptors (Lipinski definition) is 2. The van der Waals surface area contributed by atoms with Crippen molar-refractivity contribution in [3.05, 3.63) is 59.7 Å². The minimum absolute atomic E-state index is 0.137. The standard InChI is InChI=1S/C18H20N2O2/c1-12(2)14-4-8-17(9-5-14)20-18(22)15-6-10-16(11-7-15)19-13(3)21/h4-12H,1-3H3,(H,19,21)(H,20,22). The first-order valence-corrected chi connectivity index (χ1v) is 7.24. The average Bonchev–Trinajstić information content (AvgIpc) is 2.48. The number of carbonyl (C=O) groups excluding carboxylic acids is 2. The molecule has 114 valence electrons. The fourth-order valence-electron chi connectivity index (χ4n) is 2.06. The van der Waals surface area contributed by atoms with Gasteiger partial charge in [0.1, 0.15) is 0 Å². The van der Waals surface area contributed by atoms with E-state index in [2.05, 4.69) is 24.5 Å². The van der Waals surface area contributed by atoms with Gasteiger partial charge >= 0.3 is 0 Å². The van der Waals surface area contributed by atoms with E-state index < -0.39 is 0 Å². The molecule has 2 aromatic carbocycles. The summed E-state index contributed by atoms with van der Waals surface area (Å²) in [6, 6.07) is 14.6. The fraction of sp³-hybridized carbons (Fsp3) is 0.222. The van der Waals surface area contributed by atoms with Crippen LogP contribution < -0.4 is 10.6 Å². The third kappa shape index (κ3) is 4.19. The molecular weight excluding hydrogens is 276 g/mol. The van der Waals surface area contributed by atoms with E-state index in [9.17, 15) is 9.59 Å². The third-order valence-corrected chi connectivity index (χ3v) is 3.30. The van der Waals surface area contributed by atoms with Crippen molar-refractivity contribution in [2.24, 2.45) is 0 Å². The zero-order valence-electron chi connectivity index (χ0n) is 13.0. The molecule has 0 fully saturated rings. The highest BCUT2D eigenvalue weighted by molar-refractivity contribution is 6.04. The normalized spacial score (nSPS) is 10.4. The molecular formula is C18H20N2O2. The molecule has 0 heterocycles. The van der Waals surface area contributed by atoms with E-state index in [1.54, 1.807) is 24.3 Å². The molecule has 0 aliphatic heterocycles. The number of nitrogens with one attached hydrogen (secondary N) is 2. The lowest BCUT2D eigenvalue weighted by Crippen LogP contribution is -2.12. The van der Waals surface area contributed by atoms with Gasteiger partial charge in [0, 0.05) is 23.9 Å². The van der Waals surface area contributed by atoms with Crippen LogP contribution in [-0.2, 0) is 4.79 Å². The van der Waals surface area contributed by atoms with Crippen molar-refractivity contribution < 1.29 is 9.59 Å². The van der Waals surface area contributed by atoms with E-state index in [1.165, 1.54) is 12.5 Å². The van der Waals surface area contributed by atoms with E-state index >= 15 is 0 Å². The molecule has 2 aromatic rings. The summed E-state index contributed by atoms with van der Waals surface area (Å²) >= 11 is 0. The second-order valence-corrected chi connectivity index (χ2v) is 5.49. The Bertz CT molecular complexity index is 658. The minimum Gasteiger partial charge on any atom is -0.326 e. The quantitative estimate of drug-likeness (QED) is 0.895. The van der Waals surface area contributed by atoms with Gasteiger partial charge in [0.15, 0.2) is 0 Å². The molecule has 0 aliphatic carbocycles. The molecule has 0 bridgehead atoms. The van der Waals surface area contributed by atoms with Gasteiger partial charge in [-0.1, -0.05) is 26.0 Å². The molecule has 0 aromatic heterocycles. The Kier molecular flexibility index (Phi) is 4.94. The first-order valence-electron chi connectivity index (χ1n) is 7.24. The summed E-state index contributed by atoms with van der Waals surface area (Å²) in [5.41, 5.74) is 3.21. The average molecular weight is 296 g/mol. The monoisotopic (exact) mass is 296 g/mol. The molecule has 22 heavy (non-hydrogen) atoms. The Morgan fingerprint density at radius 1 is 0.818 bits per heavy atom. The third-order valence-electron chi connectivity index (χ3n) is 3.30. The van der Waals surface area contributed by atoms with E-state index in [-0.39, 0.29) is 11.8 Å². The summed E-state index contributed by atoms with van der Waals surface area (Å²) in [6.45, 7) is 5.70. The van der Waals surface area contributed by atoms with Gasteiger partial charge in [-0.15, -0.1) is 0 Å². The highest BCUT2D eigenvalue weighted by atomic mass is 16.2. The van der Waals surface area contributed by atoms with Crippen LogP contribution in [-0.4, -0.2) is 11.8 Å². The molecule has 0 unspecified atom stereocenters. The molecule has 0 aliphatic rings. The van der Waals surface area contributed by atoms with Crippen LogP contribution in [0.3, 0.4) is 0 Å². The zero-order chi connectivity index (χ0) is 16.1. The number of anilines is 2. The lowest BCUT2D eigenvalue weighted by Gasteiger charge is -2.09.